The lowest BCUT2D eigenvalue weighted by Crippen LogP contribution is -2.46. The number of fused-ring (bicyclic) bond motifs is 1. The molecule has 2 aromatic heterocycles. The maximum atomic E-state index is 9.42. The fraction of sp³-hybridized carbons (Fsp3) is 0.333. The van der Waals surface area contributed by atoms with Gasteiger partial charge in [-0.25, -0.2) is 0 Å². The van der Waals surface area contributed by atoms with Crippen molar-refractivity contribution in [2.75, 3.05) is 41.3 Å². The lowest BCUT2D eigenvalue weighted by atomic mass is 9.98. The van der Waals surface area contributed by atoms with Crippen molar-refractivity contribution in [1.29, 1.82) is 5.26 Å². The minimum atomic E-state index is -0.0183. The second-order valence-electron chi connectivity index (χ2n) is 9.21. The van der Waals surface area contributed by atoms with Crippen molar-refractivity contribution in [3.63, 3.8) is 0 Å². The Morgan fingerprint density at radius 1 is 0.971 bits per heavy atom. The fourth-order valence-corrected chi connectivity index (χ4v) is 4.90. The molecule has 0 spiro atoms. The van der Waals surface area contributed by atoms with Gasteiger partial charge in [-0.1, -0.05) is 18.2 Å². The fourth-order valence-electron chi connectivity index (χ4n) is 4.90. The van der Waals surface area contributed by atoms with Crippen LogP contribution in [-0.4, -0.2) is 46.2 Å². The van der Waals surface area contributed by atoms with E-state index in [2.05, 4.69) is 73.9 Å². The molecular formula is C27H30N8. The summed E-state index contributed by atoms with van der Waals surface area (Å²) >= 11 is 0. The Kier molecular flexibility index (Phi) is 6.00. The van der Waals surface area contributed by atoms with Crippen LogP contribution in [0.2, 0.25) is 0 Å². The van der Waals surface area contributed by atoms with Gasteiger partial charge in [0.1, 0.15) is 0 Å². The number of rotatable bonds is 5. The highest BCUT2D eigenvalue weighted by Crippen LogP contribution is 2.31. The summed E-state index contributed by atoms with van der Waals surface area (Å²) in [7, 11) is 1.95. The van der Waals surface area contributed by atoms with E-state index in [9.17, 15) is 5.26 Å². The SMILES string of the molecule is Cc1c(C#N)cccc1C(C)Nc1nnc(C)c2ccc(N3CCN(c4cnn(C)c4)CC3)cc12. The number of benzene rings is 2. The molecule has 0 bridgehead atoms. The molecule has 4 aromatic rings. The zero-order valence-corrected chi connectivity index (χ0v) is 20.7. The molecule has 178 valence electrons. The number of nitriles is 1. The van der Waals surface area contributed by atoms with Gasteiger partial charge in [-0.2, -0.15) is 15.5 Å². The number of hydrogen-bond acceptors (Lipinski definition) is 7. The minimum absolute atomic E-state index is 0.0183. The standard InChI is InChI=1S/C27H30N8/c1-18-21(15-28)6-5-7-24(18)19(2)30-27-26-14-22(8-9-25(26)20(3)31-32-27)34-10-12-35(13-11-34)23-16-29-33(4)17-23/h5-9,14,16-17,19H,10-13H2,1-4H3,(H,30,32). The molecule has 1 unspecified atom stereocenters. The number of aryl methyl sites for hydroxylation is 2. The van der Waals surface area contributed by atoms with E-state index in [-0.39, 0.29) is 6.04 Å². The predicted octanol–water partition coefficient (Wildman–Crippen LogP) is 4.35. The summed E-state index contributed by atoms with van der Waals surface area (Å²) in [5.74, 6) is 0.760. The van der Waals surface area contributed by atoms with E-state index >= 15 is 0 Å². The molecule has 1 aliphatic heterocycles. The zero-order valence-electron chi connectivity index (χ0n) is 20.7. The molecule has 8 nitrogen and oxygen atoms in total. The van der Waals surface area contributed by atoms with Crippen LogP contribution >= 0.6 is 0 Å². The third-order valence-electron chi connectivity index (χ3n) is 6.97. The van der Waals surface area contributed by atoms with Crippen molar-refractivity contribution in [3.05, 3.63) is 71.2 Å². The molecule has 3 heterocycles. The molecule has 35 heavy (non-hydrogen) atoms. The average molecular weight is 467 g/mol. The molecule has 5 rings (SSSR count). The van der Waals surface area contributed by atoms with Gasteiger partial charge in [0.2, 0.25) is 0 Å². The molecule has 2 aromatic carbocycles. The van der Waals surface area contributed by atoms with Gasteiger partial charge >= 0.3 is 0 Å². The van der Waals surface area contributed by atoms with E-state index in [1.807, 2.05) is 43.9 Å². The molecule has 0 aliphatic carbocycles. The first-order chi connectivity index (χ1) is 16.9. The Morgan fingerprint density at radius 3 is 2.40 bits per heavy atom. The number of aromatic nitrogens is 4. The van der Waals surface area contributed by atoms with E-state index in [4.69, 9.17) is 0 Å². The van der Waals surface area contributed by atoms with E-state index in [0.29, 0.717) is 5.56 Å². The molecule has 8 heteroatoms. The lowest BCUT2D eigenvalue weighted by molar-refractivity contribution is 0.653. The van der Waals surface area contributed by atoms with Crippen LogP contribution in [0.1, 0.15) is 35.3 Å². The summed E-state index contributed by atoms with van der Waals surface area (Å²) in [6.45, 7) is 9.87. The lowest BCUT2D eigenvalue weighted by Gasteiger charge is -2.36. The zero-order chi connectivity index (χ0) is 24.5. The maximum absolute atomic E-state index is 9.42. The quantitative estimate of drug-likeness (QED) is 0.468. The summed E-state index contributed by atoms with van der Waals surface area (Å²) in [6.07, 6.45) is 4.00. The molecule has 1 fully saturated rings. The molecule has 0 saturated carbocycles. The van der Waals surface area contributed by atoms with Gasteiger partial charge in [-0.05, 0) is 50.1 Å². The van der Waals surface area contributed by atoms with E-state index in [1.54, 1.807) is 0 Å². The Labute approximate surface area is 205 Å². The Morgan fingerprint density at radius 2 is 1.71 bits per heavy atom. The second-order valence-corrected chi connectivity index (χ2v) is 9.21. The van der Waals surface area contributed by atoms with Crippen LogP contribution in [-0.2, 0) is 7.05 Å². The van der Waals surface area contributed by atoms with Crippen molar-refractivity contribution in [2.45, 2.75) is 26.8 Å². The van der Waals surface area contributed by atoms with Gasteiger partial charge in [-0.3, -0.25) is 4.68 Å². The minimum Gasteiger partial charge on any atom is -0.368 e. The summed E-state index contributed by atoms with van der Waals surface area (Å²) < 4.78 is 1.85. The van der Waals surface area contributed by atoms with Crippen LogP contribution in [0.25, 0.3) is 10.8 Å². The highest BCUT2D eigenvalue weighted by Gasteiger charge is 2.20. The molecule has 0 radical (unpaired) electrons. The monoisotopic (exact) mass is 466 g/mol. The van der Waals surface area contributed by atoms with Crippen molar-refractivity contribution in [1.82, 2.24) is 20.0 Å². The highest BCUT2D eigenvalue weighted by atomic mass is 15.3. The van der Waals surface area contributed by atoms with Crippen molar-refractivity contribution >= 4 is 28.0 Å². The van der Waals surface area contributed by atoms with E-state index in [0.717, 1.165) is 59.6 Å². The van der Waals surface area contributed by atoms with Gasteiger partial charge in [0.25, 0.3) is 0 Å². The first-order valence-electron chi connectivity index (χ1n) is 12.0. The van der Waals surface area contributed by atoms with Crippen LogP contribution in [0.15, 0.2) is 48.8 Å². The molecule has 1 saturated heterocycles. The van der Waals surface area contributed by atoms with Gasteiger partial charge in [0, 0.05) is 55.9 Å². The van der Waals surface area contributed by atoms with Gasteiger partial charge in [0.15, 0.2) is 5.82 Å². The van der Waals surface area contributed by atoms with Gasteiger partial charge in [-0.15, -0.1) is 5.10 Å². The normalized spacial score (nSPS) is 14.7. The molecule has 1 N–H and O–H groups in total. The van der Waals surface area contributed by atoms with Crippen LogP contribution in [0.3, 0.4) is 0 Å². The topological polar surface area (TPSA) is 85.9 Å². The molecular weight excluding hydrogens is 436 g/mol. The van der Waals surface area contributed by atoms with Crippen molar-refractivity contribution < 1.29 is 0 Å². The summed E-state index contributed by atoms with van der Waals surface area (Å²) in [5, 5.41) is 28.4. The first-order valence-corrected chi connectivity index (χ1v) is 12.0. The largest absolute Gasteiger partial charge is 0.368 e. The number of piperazine rings is 1. The first kappa shape index (κ1) is 22.7. The third kappa shape index (κ3) is 4.37. The number of nitrogens with one attached hydrogen (secondary N) is 1. The van der Waals surface area contributed by atoms with Crippen LogP contribution in [0.4, 0.5) is 17.2 Å². The highest BCUT2D eigenvalue weighted by molar-refractivity contribution is 5.95. The summed E-state index contributed by atoms with van der Waals surface area (Å²) in [4.78, 5) is 4.81. The second kappa shape index (κ2) is 9.26. The van der Waals surface area contributed by atoms with E-state index < -0.39 is 0 Å². The number of anilines is 3. The third-order valence-corrected chi connectivity index (χ3v) is 6.97. The van der Waals surface area contributed by atoms with Crippen molar-refractivity contribution in [2.24, 2.45) is 7.05 Å². The number of nitrogens with zero attached hydrogens (tertiary/aromatic N) is 7. The van der Waals surface area contributed by atoms with E-state index in [1.165, 1.54) is 11.4 Å². The number of hydrogen-bond donors (Lipinski definition) is 1. The van der Waals surface area contributed by atoms with Crippen LogP contribution in [0.5, 0.6) is 0 Å². The molecule has 1 aliphatic rings. The smallest absolute Gasteiger partial charge is 0.157 e. The Bertz CT molecular complexity index is 1410. The summed E-state index contributed by atoms with van der Waals surface area (Å²) in [6, 6.07) is 14.7. The summed E-state index contributed by atoms with van der Waals surface area (Å²) in [5.41, 5.74) is 6.05. The Hall–Kier alpha value is -4.12. The Balaban J connectivity index is 1.40. The van der Waals surface area contributed by atoms with Crippen LogP contribution in [0, 0.1) is 25.2 Å². The van der Waals surface area contributed by atoms with Crippen LogP contribution < -0.4 is 15.1 Å². The van der Waals surface area contributed by atoms with Gasteiger partial charge in [0.05, 0.1) is 35.3 Å². The van der Waals surface area contributed by atoms with Gasteiger partial charge < -0.3 is 15.1 Å². The maximum Gasteiger partial charge on any atom is 0.157 e. The van der Waals surface area contributed by atoms with Crippen molar-refractivity contribution in [3.8, 4) is 6.07 Å². The molecule has 0 amide bonds. The average Bonchev–Trinajstić information content (AvgIpc) is 3.32. The molecule has 1 atom stereocenters. The predicted molar refractivity (Wildman–Crippen MR) is 140 cm³/mol.